The fraction of sp³-hybridized carbons (Fsp3) is 0.381. The number of amides is 1. The Balaban J connectivity index is 1.76. The Hall–Kier alpha value is -2.00. The first-order valence-electron chi connectivity index (χ1n) is 8.60. The quantitative estimate of drug-likeness (QED) is 0.723. The first-order chi connectivity index (χ1) is 11.9. The molecule has 0 aliphatic rings. The maximum atomic E-state index is 12.0. The minimum Gasteiger partial charge on any atom is -0.483 e. The summed E-state index contributed by atoms with van der Waals surface area (Å²) in [5.74, 6) is 0.657. The van der Waals surface area contributed by atoms with Gasteiger partial charge < -0.3 is 10.1 Å². The van der Waals surface area contributed by atoms with Crippen LogP contribution in [0.1, 0.15) is 38.3 Å². The maximum absolute atomic E-state index is 12.0. The van der Waals surface area contributed by atoms with E-state index in [1.54, 1.807) is 0 Å². The first-order valence-corrected chi connectivity index (χ1v) is 8.98. The summed E-state index contributed by atoms with van der Waals surface area (Å²) in [6, 6.07) is 15.6. The van der Waals surface area contributed by atoms with Gasteiger partial charge in [-0.2, -0.15) is 0 Å². The van der Waals surface area contributed by atoms with Crippen LogP contribution < -0.4 is 10.1 Å². The van der Waals surface area contributed by atoms with Crippen LogP contribution in [0.3, 0.4) is 0 Å². The van der Waals surface area contributed by atoms with E-state index < -0.39 is 0 Å². The molecule has 0 bridgehead atoms. The van der Waals surface area contributed by atoms with Crippen molar-refractivity contribution in [1.29, 1.82) is 0 Å². The highest BCUT2D eigenvalue weighted by atomic mass is 35.5. The molecule has 1 N–H and O–H groups in total. The van der Waals surface area contributed by atoms with E-state index in [4.69, 9.17) is 16.3 Å². The third-order valence-corrected chi connectivity index (χ3v) is 4.33. The van der Waals surface area contributed by atoms with Crippen molar-refractivity contribution in [2.75, 3.05) is 13.2 Å². The summed E-state index contributed by atoms with van der Waals surface area (Å²) in [4.78, 5) is 12.0. The normalized spacial score (nSPS) is 11.2. The molecule has 1 amide bonds. The molecule has 0 heterocycles. The number of hydrogen-bond donors (Lipinski definition) is 1. The van der Waals surface area contributed by atoms with Crippen molar-refractivity contribution in [3.63, 3.8) is 0 Å². The average Bonchev–Trinajstić information content (AvgIpc) is 2.58. The summed E-state index contributed by atoms with van der Waals surface area (Å²) >= 11 is 6.13. The second-order valence-electron chi connectivity index (χ2n) is 7.08. The van der Waals surface area contributed by atoms with Crippen LogP contribution in [0.4, 0.5) is 0 Å². The van der Waals surface area contributed by atoms with E-state index in [1.165, 1.54) is 0 Å². The molecule has 3 nitrogen and oxygen atoms in total. The Kier molecular flexibility index (Phi) is 6.89. The maximum Gasteiger partial charge on any atom is 0.257 e. The van der Waals surface area contributed by atoms with Crippen LogP contribution in [0.2, 0.25) is 5.02 Å². The van der Waals surface area contributed by atoms with Gasteiger partial charge in [-0.15, -0.1) is 0 Å². The molecule has 25 heavy (non-hydrogen) atoms. The lowest BCUT2D eigenvalue weighted by molar-refractivity contribution is -0.123. The number of aryl methyl sites for hydroxylation is 1. The van der Waals surface area contributed by atoms with E-state index in [1.807, 2.05) is 48.5 Å². The zero-order valence-corrected chi connectivity index (χ0v) is 15.9. The van der Waals surface area contributed by atoms with E-state index in [0.717, 1.165) is 34.7 Å². The number of carbonyl (C=O) groups is 1. The number of benzene rings is 2. The van der Waals surface area contributed by atoms with E-state index in [0.29, 0.717) is 6.54 Å². The highest BCUT2D eigenvalue weighted by molar-refractivity contribution is 6.31. The zero-order chi connectivity index (χ0) is 18.3. The van der Waals surface area contributed by atoms with Gasteiger partial charge in [-0.25, -0.2) is 0 Å². The highest BCUT2D eigenvalue weighted by Gasteiger charge is 2.18. The SMILES string of the molecule is CC(C)(C)c1ccccc1OCC(=O)NCCCc1ccccc1Cl. The summed E-state index contributed by atoms with van der Waals surface area (Å²) in [6.45, 7) is 7.02. The van der Waals surface area contributed by atoms with Crippen LogP contribution >= 0.6 is 11.6 Å². The molecule has 0 unspecified atom stereocenters. The molecule has 0 saturated heterocycles. The number of carbonyl (C=O) groups excluding carboxylic acids is 1. The molecule has 134 valence electrons. The second-order valence-corrected chi connectivity index (χ2v) is 7.49. The number of nitrogens with one attached hydrogen (secondary N) is 1. The smallest absolute Gasteiger partial charge is 0.257 e. The molecule has 0 radical (unpaired) electrons. The third-order valence-electron chi connectivity index (χ3n) is 3.96. The van der Waals surface area contributed by atoms with Gasteiger partial charge in [-0.1, -0.05) is 68.8 Å². The molecule has 2 aromatic carbocycles. The molecule has 4 heteroatoms. The van der Waals surface area contributed by atoms with Crippen LogP contribution in [0.5, 0.6) is 5.75 Å². The van der Waals surface area contributed by atoms with Gasteiger partial charge in [0.2, 0.25) is 0 Å². The summed E-state index contributed by atoms with van der Waals surface area (Å²) in [7, 11) is 0. The molecule has 0 aliphatic carbocycles. The van der Waals surface area contributed by atoms with Crippen molar-refractivity contribution < 1.29 is 9.53 Å². The summed E-state index contributed by atoms with van der Waals surface area (Å²) in [5.41, 5.74) is 2.18. The molecule has 0 saturated carbocycles. The Bertz CT molecular complexity index is 707. The molecule has 0 spiro atoms. The summed E-state index contributed by atoms with van der Waals surface area (Å²) < 4.78 is 5.73. The topological polar surface area (TPSA) is 38.3 Å². The number of para-hydroxylation sites is 1. The van der Waals surface area contributed by atoms with Crippen LogP contribution in [-0.2, 0) is 16.6 Å². The summed E-state index contributed by atoms with van der Waals surface area (Å²) in [6.07, 6.45) is 1.68. The molecule has 0 aliphatic heterocycles. The van der Waals surface area contributed by atoms with E-state index in [-0.39, 0.29) is 17.9 Å². The largest absolute Gasteiger partial charge is 0.483 e. The Morgan fingerprint density at radius 1 is 1.08 bits per heavy atom. The van der Waals surface area contributed by atoms with Gasteiger partial charge in [-0.05, 0) is 41.5 Å². The first kappa shape index (κ1) is 19.3. The number of hydrogen-bond acceptors (Lipinski definition) is 2. The number of rotatable bonds is 7. The Morgan fingerprint density at radius 3 is 2.48 bits per heavy atom. The van der Waals surface area contributed by atoms with Crippen molar-refractivity contribution in [2.45, 2.75) is 39.0 Å². The second kappa shape index (κ2) is 8.91. The van der Waals surface area contributed by atoms with Gasteiger partial charge in [0.1, 0.15) is 5.75 Å². The van der Waals surface area contributed by atoms with Crippen molar-refractivity contribution in [3.05, 3.63) is 64.7 Å². The zero-order valence-electron chi connectivity index (χ0n) is 15.1. The van der Waals surface area contributed by atoms with Gasteiger partial charge in [-0.3, -0.25) is 4.79 Å². The van der Waals surface area contributed by atoms with Crippen molar-refractivity contribution in [3.8, 4) is 5.75 Å². The fourth-order valence-corrected chi connectivity index (χ4v) is 2.84. The van der Waals surface area contributed by atoms with Crippen molar-refractivity contribution >= 4 is 17.5 Å². The van der Waals surface area contributed by atoms with Crippen molar-refractivity contribution in [1.82, 2.24) is 5.32 Å². The van der Waals surface area contributed by atoms with Gasteiger partial charge in [0.15, 0.2) is 6.61 Å². The molecule has 0 aromatic heterocycles. The van der Waals surface area contributed by atoms with Gasteiger partial charge in [0, 0.05) is 11.6 Å². The predicted molar refractivity (Wildman–Crippen MR) is 103 cm³/mol. The minimum absolute atomic E-state index is 0.0258. The number of halogens is 1. The molecule has 0 fully saturated rings. The van der Waals surface area contributed by atoms with Gasteiger partial charge in [0.05, 0.1) is 0 Å². The average molecular weight is 360 g/mol. The summed E-state index contributed by atoms with van der Waals surface area (Å²) in [5, 5.41) is 3.67. The Morgan fingerprint density at radius 2 is 1.76 bits per heavy atom. The predicted octanol–water partition coefficient (Wildman–Crippen LogP) is 4.77. The fourth-order valence-electron chi connectivity index (χ4n) is 2.61. The van der Waals surface area contributed by atoms with Crippen LogP contribution in [0.25, 0.3) is 0 Å². The lowest BCUT2D eigenvalue weighted by Gasteiger charge is -2.22. The van der Waals surface area contributed by atoms with Crippen LogP contribution in [0.15, 0.2) is 48.5 Å². The molecule has 0 atom stereocenters. The lowest BCUT2D eigenvalue weighted by atomic mass is 9.86. The van der Waals surface area contributed by atoms with E-state index >= 15 is 0 Å². The number of ether oxygens (including phenoxy) is 1. The minimum atomic E-state index is -0.108. The standard InChI is InChI=1S/C21H26ClNO2/c1-21(2,3)17-11-5-7-13-19(17)25-15-20(24)23-14-8-10-16-9-4-6-12-18(16)22/h4-7,9,11-13H,8,10,14-15H2,1-3H3,(H,23,24). The van der Waals surface area contributed by atoms with E-state index in [9.17, 15) is 4.79 Å². The highest BCUT2D eigenvalue weighted by Crippen LogP contribution is 2.30. The van der Waals surface area contributed by atoms with E-state index in [2.05, 4.69) is 26.1 Å². The lowest BCUT2D eigenvalue weighted by Crippen LogP contribution is -2.30. The van der Waals surface area contributed by atoms with Crippen LogP contribution in [-0.4, -0.2) is 19.1 Å². The molecular weight excluding hydrogens is 334 g/mol. The molecular formula is C21H26ClNO2. The Labute approximate surface area is 155 Å². The van der Waals surface area contributed by atoms with Gasteiger partial charge in [0.25, 0.3) is 5.91 Å². The molecule has 2 aromatic rings. The third kappa shape index (κ3) is 6.09. The molecule has 2 rings (SSSR count). The van der Waals surface area contributed by atoms with Crippen molar-refractivity contribution in [2.24, 2.45) is 0 Å². The van der Waals surface area contributed by atoms with Gasteiger partial charge >= 0.3 is 0 Å². The van der Waals surface area contributed by atoms with Crippen LogP contribution in [0, 0.1) is 0 Å². The monoisotopic (exact) mass is 359 g/mol.